The summed E-state index contributed by atoms with van der Waals surface area (Å²) in [5.41, 5.74) is 3.20. The Bertz CT molecular complexity index is 603. The molecule has 0 aromatic heterocycles. The molecule has 0 radical (unpaired) electrons. The van der Waals surface area contributed by atoms with Crippen LogP contribution in [0.4, 0.5) is 15.8 Å². The van der Waals surface area contributed by atoms with Crippen LogP contribution in [-0.2, 0) is 0 Å². The Morgan fingerprint density at radius 1 is 1.00 bits per heavy atom. The van der Waals surface area contributed by atoms with Crippen molar-refractivity contribution < 1.29 is 4.39 Å². The van der Waals surface area contributed by atoms with E-state index >= 15 is 0 Å². The summed E-state index contributed by atoms with van der Waals surface area (Å²) in [7, 11) is 0. The molecule has 0 aliphatic rings. The van der Waals surface area contributed by atoms with Crippen LogP contribution in [0, 0.1) is 19.7 Å². The van der Waals surface area contributed by atoms with E-state index in [2.05, 4.69) is 26.6 Å². The van der Waals surface area contributed by atoms with Crippen LogP contribution in [0.15, 0.2) is 40.9 Å². The number of halogens is 2. The molecule has 0 heterocycles. The standard InChI is InChI=1S/C15H14BrFN2S/c1-9-3-5-13(11(16)7-9)18-15(20)19-14-6-4-10(2)8-12(14)17/h3-8H,1-2H3,(H2,18,19,20). The van der Waals surface area contributed by atoms with Crippen molar-refractivity contribution >= 4 is 44.6 Å². The van der Waals surface area contributed by atoms with Gasteiger partial charge in [-0.25, -0.2) is 4.39 Å². The van der Waals surface area contributed by atoms with E-state index in [4.69, 9.17) is 12.2 Å². The van der Waals surface area contributed by atoms with Crippen LogP contribution in [-0.4, -0.2) is 5.11 Å². The maximum absolute atomic E-state index is 13.7. The van der Waals surface area contributed by atoms with E-state index in [-0.39, 0.29) is 5.82 Å². The van der Waals surface area contributed by atoms with E-state index in [1.54, 1.807) is 6.07 Å². The Labute approximate surface area is 131 Å². The molecule has 0 saturated heterocycles. The molecule has 2 nitrogen and oxygen atoms in total. The lowest BCUT2D eigenvalue weighted by Gasteiger charge is -2.13. The van der Waals surface area contributed by atoms with Gasteiger partial charge >= 0.3 is 0 Å². The fourth-order valence-electron chi connectivity index (χ4n) is 1.72. The minimum atomic E-state index is -0.322. The zero-order valence-corrected chi connectivity index (χ0v) is 13.5. The van der Waals surface area contributed by atoms with E-state index in [0.717, 1.165) is 21.3 Å². The lowest BCUT2D eigenvalue weighted by Crippen LogP contribution is -2.20. The number of anilines is 2. The van der Waals surface area contributed by atoms with E-state index in [1.807, 2.05) is 38.1 Å². The molecule has 0 bridgehead atoms. The molecule has 104 valence electrons. The summed E-state index contributed by atoms with van der Waals surface area (Å²) in [6.45, 7) is 3.85. The average molecular weight is 353 g/mol. The molecule has 0 fully saturated rings. The minimum Gasteiger partial charge on any atom is -0.332 e. The minimum absolute atomic E-state index is 0.322. The van der Waals surface area contributed by atoms with Crippen LogP contribution < -0.4 is 10.6 Å². The molecule has 0 unspecified atom stereocenters. The Morgan fingerprint density at radius 3 is 2.15 bits per heavy atom. The Balaban J connectivity index is 2.09. The zero-order valence-electron chi connectivity index (χ0n) is 11.1. The van der Waals surface area contributed by atoms with Crippen molar-refractivity contribution in [3.05, 3.63) is 57.8 Å². The number of thiocarbonyl (C=S) groups is 1. The van der Waals surface area contributed by atoms with Gasteiger partial charge in [0.15, 0.2) is 5.11 Å². The first-order chi connectivity index (χ1) is 9.45. The largest absolute Gasteiger partial charge is 0.332 e. The summed E-state index contributed by atoms with van der Waals surface area (Å²) < 4.78 is 14.6. The monoisotopic (exact) mass is 352 g/mol. The number of nitrogens with one attached hydrogen (secondary N) is 2. The SMILES string of the molecule is Cc1ccc(NC(=S)Nc2ccc(C)cc2Br)c(F)c1. The number of rotatable bonds is 2. The van der Waals surface area contributed by atoms with Gasteiger partial charge in [0.2, 0.25) is 0 Å². The average Bonchev–Trinajstić information content (AvgIpc) is 2.36. The molecular formula is C15H14BrFN2S. The van der Waals surface area contributed by atoms with Gasteiger partial charge in [-0.05, 0) is 77.4 Å². The molecule has 0 spiro atoms. The summed E-state index contributed by atoms with van der Waals surface area (Å²) in [5, 5.41) is 6.23. The first-order valence-electron chi connectivity index (χ1n) is 6.06. The Morgan fingerprint density at radius 2 is 1.55 bits per heavy atom. The van der Waals surface area contributed by atoms with Crippen LogP contribution in [0.3, 0.4) is 0 Å². The topological polar surface area (TPSA) is 24.1 Å². The molecule has 2 N–H and O–H groups in total. The first kappa shape index (κ1) is 14.9. The third kappa shape index (κ3) is 3.77. The maximum atomic E-state index is 13.7. The third-order valence-corrected chi connectivity index (χ3v) is 3.61. The quantitative estimate of drug-likeness (QED) is 0.742. The first-order valence-corrected chi connectivity index (χ1v) is 7.26. The van der Waals surface area contributed by atoms with Crippen molar-refractivity contribution in [2.45, 2.75) is 13.8 Å². The summed E-state index contributed by atoms with van der Waals surface area (Å²) in [5.74, 6) is -0.322. The molecule has 5 heteroatoms. The molecule has 0 aliphatic heterocycles. The number of benzene rings is 2. The highest BCUT2D eigenvalue weighted by Crippen LogP contribution is 2.24. The summed E-state index contributed by atoms with van der Waals surface area (Å²) in [6.07, 6.45) is 0. The van der Waals surface area contributed by atoms with Gasteiger partial charge in [-0.15, -0.1) is 0 Å². The van der Waals surface area contributed by atoms with Gasteiger partial charge in [0.1, 0.15) is 5.82 Å². The van der Waals surface area contributed by atoms with Crippen molar-refractivity contribution in [1.82, 2.24) is 0 Å². The highest BCUT2D eigenvalue weighted by molar-refractivity contribution is 9.10. The van der Waals surface area contributed by atoms with Gasteiger partial charge in [-0.1, -0.05) is 12.1 Å². The summed E-state index contributed by atoms with van der Waals surface area (Å²) in [4.78, 5) is 0. The van der Waals surface area contributed by atoms with E-state index < -0.39 is 0 Å². The van der Waals surface area contributed by atoms with E-state index in [0.29, 0.717) is 10.8 Å². The predicted octanol–water partition coefficient (Wildman–Crippen LogP) is 5.01. The van der Waals surface area contributed by atoms with E-state index in [9.17, 15) is 4.39 Å². The fourth-order valence-corrected chi connectivity index (χ4v) is 2.53. The predicted molar refractivity (Wildman–Crippen MR) is 89.9 cm³/mol. The van der Waals surface area contributed by atoms with E-state index in [1.165, 1.54) is 6.07 Å². The van der Waals surface area contributed by atoms with Crippen LogP contribution in [0.1, 0.15) is 11.1 Å². The van der Waals surface area contributed by atoms with Crippen LogP contribution in [0.5, 0.6) is 0 Å². The highest BCUT2D eigenvalue weighted by atomic mass is 79.9. The molecule has 0 atom stereocenters. The fraction of sp³-hybridized carbons (Fsp3) is 0.133. The number of aryl methyl sites for hydroxylation is 2. The Kier molecular flexibility index (Phi) is 4.73. The maximum Gasteiger partial charge on any atom is 0.175 e. The van der Waals surface area contributed by atoms with Crippen molar-refractivity contribution in [3.63, 3.8) is 0 Å². The second kappa shape index (κ2) is 6.33. The Hall–Kier alpha value is -1.46. The van der Waals surface area contributed by atoms with Gasteiger partial charge in [0.05, 0.1) is 11.4 Å². The molecule has 0 aliphatic carbocycles. The van der Waals surface area contributed by atoms with Gasteiger partial charge in [-0.3, -0.25) is 0 Å². The molecule has 20 heavy (non-hydrogen) atoms. The van der Waals surface area contributed by atoms with Gasteiger partial charge < -0.3 is 10.6 Å². The lowest BCUT2D eigenvalue weighted by atomic mass is 10.2. The van der Waals surface area contributed by atoms with Crippen molar-refractivity contribution in [2.75, 3.05) is 10.6 Å². The normalized spacial score (nSPS) is 10.2. The molecule has 2 aromatic rings. The summed E-state index contributed by atoms with van der Waals surface area (Å²) >= 11 is 8.65. The van der Waals surface area contributed by atoms with Gasteiger partial charge in [0.25, 0.3) is 0 Å². The molecule has 0 amide bonds. The van der Waals surface area contributed by atoms with Crippen LogP contribution >= 0.6 is 28.1 Å². The third-order valence-electron chi connectivity index (χ3n) is 2.75. The van der Waals surface area contributed by atoms with Crippen molar-refractivity contribution in [2.24, 2.45) is 0 Å². The molecular weight excluding hydrogens is 339 g/mol. The molecule has 0 saturated carbocycles. The zero-order chi connectivity index (χ0) is 14.7. The molecule has 2 aromatic carbocycles. The molecule has 2 rings (SSSR count). The number of hydrogen-bond acceptors (Lipinski definition) is 1. The van der Waals surface area contributed by atoms with Gasteiger partial charge in [0, 0.05) is 4.47 Å². The second-order valence-electron chi connectivity index (χ2n) is 4.55. The van der Waals surface area contributed by atoms with Gasteiger partial charge in [-0.2, -0.15) is 0 Å². The smallest absolute Gasteiger partial charge is 0.175 e. The summed E-state index contributed by atoms with van der Waals surface area (Å²) in [6, 6.07) is 10.8. The second-order valence-corrected chi connectivity index (χ2v) is 5.81. The number of hydrogen-bond donors (Lipinski definition) is 2. The van der Waals surface area contributed by atoms with Crippen molar-refractivity contribution in [3.8, 4) is 0 Å². The van der Waals surface area contributed by atoms with Crippen molar-refractivity contribution in [1.29, 1.82) is 0 Å². The highest BCUT2D eigenvalue weighted by Gasteiger charge is 2.06. The van der Waals surface area contributed by atoms with Crippen LogP contribution in [0.2, 0.25) is 0 Å². The lowest BCUT2D eigenvalue weighted by molar-refractivity contribution is 0.631. The van der Waals surface area contributed by atoms with Crippen LogP contribution in [0.25, 0.3) is 0 Å².